The second-order valence-electron chi connectivity index (χ2n) is 5.43. The van der Waals surface area contributed by atoms with Crippen LogP contribution in [0.15, 0.2) is 29.2 Å². The highest BCUT2D eigenvalue weighted by atomic mass is 32.2. The predicted octanol–water partition coefficient (Wildman–Crippen LogP) is 1.81. The Balaban J connectivity index is 2.11. The second kappa shape index (κ2) is 7.35. The van der Waals surface area contributed by atoms with E-state index in [1.54, 1.807) is 18.2 Å². The van der Waals surface area contributed by atoms with Crippen LogP contribution in [0, 0.1) is 0 Å². The molecule has 1 aromatic carbocycles. The maximum atomic E-state index is 12.4. The Bertz CT molecular complexity index is 554. The van der Waals surface area contributed by atoms with E-state index in [9.17, 15) is 8.42 Å². The molecule has 0 radical (unpaired) electrons. The third-order valence-corrected chi connectivity index (χ3v) is 5.14. The van der Waals surface area contributed by atoms with E-state index in [2.05, 4.69) is 17.0 Å². The summed E-state index contributed by atoms with van der Waals surface area (Å²) in [6.07, 6.45) is 1.78. The van der Waals surface area contributed by atoms with Gasteiger partial charge in [-0.3, -0.25) is 0 Å². The molecule has 118 valence electrons. The summed E-state index contributed by atoms with van der Waals surface area (Å²) >= 11 is 0. The van der Waals surface area contributed by atoms with Crippen molar-refractivity contribution in [1.82, 2.24) is 10.0 Å². The maximum Gasteiger partial charge on any atom is 0.240 e. The van der Waals surface area contributed by atoms with E-state index in [-0.39, 0.29) is 12.1 Å². The molecule has 2 rings (SSSR count). The SMILES string of the molecule is CCCNC(C)c1cccc(S(=O)(=O)NC2CCOC2)c1. The highest BCUT2D eigenvalue weighted by Crippen LogP contribution is 2.18. The summed E-state index contributed by atoms with van der Waals surface area (Å²) in [6, 6.07) is 7.13. The fraction of sp³-hybridized carbons (Fsp3) is 0.600. The van der Waals surface area contributed by atoms with Crippen LogP contribution in [0.1, 0.15) is 38.3 Å². The molecule has 0 aliphatic carbocycles. The Labute approximate surface area is 127 Å². The Kier molecular flexibility index (Phi) is 5.75. The number of rotatable bonds is 7. The van der Waals surface area contributed by atoms with Gasteiger partial charge in [-0.25, -0.2) is 13.1 Å². The first kappa shape index (κ1) is 16.4. The molecule has 2 unspecified atom stereocenters. The lowest BCUT2D eigenvalue weighted by molar-refractivity contribution is 0.192. The predicted molar refractivity (Wildman–Crippen MR) is 82.7 cm³/mol. The Morgan fingerprint density at radius 1 is 1.43 bits per heavy atom. The molecule has 6 heteroatoms. The van der Waals surface area contributed by atoms with Crippen LogP contribution in [0.3, 0.4) is 0 Å². The summed E-state index contributed by atoms with van der Waals surface area (Å²) in [5.41, 5.74) is 0.981. The second-order valence-corrected chi connectivity index (χ2v) is 7.14. The van der Waals surface area contributed by atoms with Crippen LogP contribution in [0.5, 0.6) is 0 Å². The van der Waals surface area contributed by atoms with Crippen molar-refractivity contribution < 1.29 is 13.2 Å². The summed E-state index contributed by atoms with van der Waals surface area (Å²) in [5, 5.41) is 3.37. The topological polar surface area (TPSA) is 67.4 Å². The van der Waals surface area contributed by atoms with Gasteiger partial charge in [0.05, 0.1) is 11.5 Å². The average molecular weight is 312 g/mol. The minimum atomic E-state index is -3.48. The van der Waals surface area contributed by atoms with Crippen LogP contribution < -0.4 is 10.0 Å². The largest absolute Gasteiger partial charge is 0.380 e. The zero-order valence-corrected chi connectivity index (χ0v) is 13.4. The lowest BCUT2D eigenvalue weighted by Crippen LogP contribution is -2.35. The van der Waals surface area contributed by atoms with Gasteiger partial charge in [0.15, 0.2) is 0 Å². The van der Waals surface area contributed by atoms with Crippen LogP contribution in [0.2, 0.25) is 0 Å². The fourth-order valence-electron chi connectivity index (χ4n) is 2.34. The summed E-state index contributed by atoms with van der Waals surface area (Å²) in [4.78, 5) is 0.317. The summed E-state index contributed by atoms with van der Waals surface area (Å²) < 4.78 is 32.7. The first-order chi connectivity index (χ1) is 10.0. The standard InChI is InChI=1S/C15H24N2O3S/c1-3-8-16-12(2)13-5-4-6-15(10-13)21(18,19)17-14-7-9-20-11-14/h4-6,10,12,14,16-17H,3,7-9,11H2,1-2H3. The van der Waals surface area contributed by atoms with Gasteiger partial charge in [-0.05, 0) is 44.0 Å². The number of nitrogens with one attached hydrogen (secondary N) is 2. The lowest BCUT2D eigenvalue weighted by Gasteiger charge is -2.16. The third-order valence-electron chi connectivity index (χ3n) is 3.62. The van der Waals surface area contributed by atoms with Gasteiger partial charge in [0.25, 0.3) is 0 Å². The van der Waals surface area contributed by atoms with Crippen molar-refractivity contribution in [2.75, 3.05) is 19.8 Å². The number of hydrogen-bond donors (Lipinski definition) is 2. The lowest BCUT2D eigenvalue weighted by atomic mass is 10.1. The summed E-state index contributed by atoms with van der Waals surface area (Å²) in [7, 11) is -3.48. The first-order valence-corrected chi connectivity index (χ1v) is 8.94. The minimum absolute atomic E-state index is 0.116. The van der Waals surface area contributed by atoms with Crippen LogP contribution in [0.4, 0.5) is 0 Å². The molecule has 1 saturated heterocycles. The van der Waals surface area contributed by atoms with Crippen molar-refractivity contribution in [3.63, 3.8) is 0 Å². The Morgan fingerprint density at radius 2 is 2.24 bits per heavy atom. The van der Waals surface area contributed by atoms with Gasteiger partial charge in [-0.2, -0.15) is 0 Å². The number of sulfonamides is 1. The first-order valence-electron chi connectivity index (χ1n) is 7.46. The maximum absolute atomic E-state index is 12.4. The highest BCUT2D eigenvalue weighted by Gasteiger charge is 2.23. The molecule has 2 atom stereocenters. The van der Waals surface area contributed by atoms with Crippen LogP contribution >= 0.6 is 0 Å². The van der Waals surface area contributed by atoms with Crippen molar-refractivity contribution in [3.05, 3.63) is 29.8 Å². The summed E-state index contributed by atoms with van der Waals surface area (Å²) in [6.45, 7) is 6.13. The molecule has 1 fully saturated rings. The zero-order chi connectivity index (χ0) is 15.3. The van der Waals surface area contributed by atoms with Gasteiger partial charge < -0.3 is 10.1 Å². The number of hydrogen-bond acceptors (Lipinski definition) is 4. The highest BCUT2D eigenvalue weighted by molar-refractivity contribution is 7.89. The van der Waals surface area contributed by atoms with E-state index in [0.717, 1.165) is 24.9 Å². The molecule has 0 bridgehead atoms. The molecule has 1 aliphatic rings. The molecule has 21 heavy (non-hydrogen) atoms. The third kappa shape index (κ3) is 4.51. The van der Waals surface area contributed by atoms with Gasteiger partial charge in [0, 0.05) is 18.7 Å². The number of benzene rings is 1. The van der Waals surface area contributed by atoms with E-state index in [1.165, 1.54) is 0 Å². The van der Waals surface area contributed by atoms with Gasteiger partial charge in [0.1, 0.15) is 0 Å². The van der Waals surface area contributed by atoms with Gasteiger partial charge in [-0.15, -0.1) is 0 Å². The normalized spacial score (nSPS) is 20.6. The van der Waals surface area contributed by atoms with E-state index in [4.69, 9.17) is 4.74 Å². The van der Waals surface area contributed by atoms with E-state index < -0.39 is 10.0 Å². The molecule has 0 aromatic heterocycles. The fourth-order valence-corrected chi connectivity index (χ4v) is 3.65. The van der Waals surface area contributed by atoms with Crippen molar-refractivity contribution in [2.24, 2.45) is 0 Å². The van der Waals surface area contributed by atoms with E-state index in [1.807, 2.05) is 13.0 Å². The van der Waals surface area contributed by atoms with Crippen LogP contribution in [0.25, 0.3) is 0 Å². The van der Waals surface area contributed by atoms with E-state index in [0.29, 0.717) is 18.1 Å². The Morgan fingerprint density at radius 3 is 2.90 bits per heavy atom. The van der Waals surface area contributed by atoms with Gasteiger partial charge in [-0.1, -0.05) is 19.1 Å². The van der Waals surface area contributed by atoms with Gasteiger partial charge >= 0.3 is 0 Å². The Hall–Kier alpha value is -0.950. The minimum Gasteiger partial charge on any atom is -0.380 e. The molecule has 1 aliphatic heterocycles. The quantitative estimate of drug-likeness (QED) is 0.806. The molecular formula is C15H24N2O3S. The smallest absolute Gasteiger partial charge is 0.240 e. The molecule has 0 amide bonds. The van der Waals surface area contributed by atoms with E-state index >= 15 is 0 Å². The monoisotopic (exact) mass is 312 g/mol. The molecule has 5 nitrogen and oxygen atoms in total. The molecule has 0 spiro atoms. The van der Waals surface area contributed by atoms with Crippen molar-refractivity contribution >= 4 is 10.0 Å². The molecule has 2 N–H and O–H groups in total. The summed E-state index contributed by atoms with van der Waals surface area (Å²) in [5.74, 6) is 0. The molecule has 0 saturated carbocycles. The van der Waals surface area contributed by atoms with Crippen molar-refractivity contribution in [2.45, 2.75) is 43.7 Å². The molecular weight excluding hydrogens is 288 g/mol. The van der Waals surface area contributed by atoms with Crippen molar-refractivity contribution in [3.8, 4) is 0 Å². The average Bonchev–Trinajstić information content (AvgIpc) is 2.97. The van der Waals surface area contributed by atoms with Crippen molar-refractivity contribution in [1.29, 1.82) is 0 Å². The van der Waals surface area contributed by atoms with Crippen LogP contribution in [-0.2, 0) is 14.8 Å². The molecule has 1 heterocycles. The number of ether oxygens (including phenoxy) is 1. The van der Waals surface area contributed by atoms with Crippen LogP contribution in [-0.4, -0.2) is 34.2 Å². The molecule has 1 aromatic rings. The van der Waals surface area contributed by atoms with Gasteiger partial charge in [0.2, 0.25) is 10.0 Å². The zero-order valence-electron chi connectivity index (χ0n) is 12.6.